The zero-order valence-corrected chi connectivity index (χ0v) is 11.2. The lowest BCUT2D eigenvalue weighted by atomic mass is 10.1. The Hall–Kier alpha value is -1.10. The highest BCUT2D eigenvalue weighted by Gasteiger charge is 2.22. The van der Waals surface area contributed by atoms with E-state index in [1.165, 1.54) is 0 Å². The minimum atomic E-state index is 0.0454. The van der Waals surface area contributed by atoms with Gasteiger partial charge in [0.05, 0.1) is 6.10 Å². The Morgan fingerprint density at radius 1 is 1.61 bits per heavy atom. The largest absolute Gasteiger partial charge is 0.384 e. The molecule has 5 heteroatoms. The highest BCUT2D eigenvalue weighted by atomic mass is 35.5. The van der Waals surface area contributed by atoms with Gasteiger partial charge in [-0.2, -0.15) is 0 Å². The first-order valence-electron chi connectivity index (χ1n) is 5.98. The van der Waals surface area contributed by atoms with Gasteiger partial charge in [0.15, 0.2) is 0 Å². The van der Waals surface area contributed by atoms with Crippen LogP contribution in [0.2, 0.25) is 5.02 Å². The molecule has 0 spiro atoms. The van der Waals surface area contributed by atoms with Crippen molar-refractivity contribution in [1.29, 1.82) is 5.41 Å². The number of amidine groups is 1. The summed E-state index contributed by atoms with van der Waals surface area (Å²) in [7, 11) is 1.75. The average Bonchev–Trinajstić information content (AvgIpc) is 2.79. The molecule has 0 amide bonds. The van der Waals surface area contributed by atoms with Crippen molar-refractivity contribution in [3.05, 3.63) is 34.3 Å². The third-order valence-electron chi connectivity index (χ3n) is 3.32. The molecule has 0 bridgehead atoms. The summed E-state index contributed by atoms with van der Waals surface area (Å²) in [5, 5.41) is 8.04. The molecule has 1 aliphatic rings. The molecule has 1 fully saturated rings. The van der Waals surface area contributed by atoms with Gasteiger partial charge in [-0.25, -0.2) is 0 Å². The number of benzene rings is 1. The molecule has 3 N–H and O–H groups in total. The van der Waals surface area contributed by atoms with E-state index < -0.39 is 0 Å². The number of likely N-dealkylation sites (tertiary alicyclic amines) is 1. The van der Waals surface area contributed by atoms with Crippen LogP contribution < -0.4 is 5.73 Å². The first-order chi connectivity index (χ1) is 8.60. The van der Waals surface area contributed by atoms with Gasteiger partial charge < -0.3 is 10.5 Å². The van der Waals surface area contributed by atoms with Crippen LogP contribution in [0.1, 0.15) is 17.5 Å². The summed E-state index contributed by atoms with van der Waals surface area (Å²) in [6.45, 7) is 2.79. The Bertz CT molecular complexity index is 450. The molecule has 0 aliphatic carbocycles. The summed E-state index contributed by atoms with van der Waals surface area (Å²) in [6, 6.07) is 5.54. The Labute approximate surface area is 112 Å². The molecule has 98 valence electrons. The Morgan fingerprint density at radius 2 is 2.39 bits per heavy atom. The molecule has 1 atom stereocenters. The fourth-order valence-electron chi connectivity index (χ4n) is 2.22. The molecule has 1 saturated heterocycles. The number of ether oxygens (including phenoxy) is 1. The number of nitrogens with zero attached hydrogens (tertiary/aromatic N) is 1. The summed E-state index contributed by atoms with van der Waals surface area (Å²) in [4.78, 5) is 2.32. The fourth-order valence-corrected chi connectivity index (χ4v) is 2.46. The van der Waals surface area contributed by atoms with E-state index in [-0.39, 0.29) is 5.84 Å². The van der Waals surface area contributed by atoms with Crippen molar-refractivity contribution < 1.29 is 4.74 Å². The van der Waals surface area contributed by atoms with E-state index in [0.717, 1.165) is 31.6 Å². The molecule has 1 aromatic rings. The Kier molecular flexibility index (Phi) is 4.22. The molecular weight excluding hydrogens is 250 g/mol. The molecule has 1 heterocycles. The van der Waals surface area contributed by atoms with E-state index in [9.17, 15) is 0 Å². The standard InChI is InChI=1S/C13H18ClN3O/c1-18-11-4-5-17(8-11)7-10-3-2-9(13(15)16)6-12(10)14/h2-3,6,11H,4-5,7-8H2,1H3,(H3,15,16). The Morgan fingerprint density at radius 3 is 2.94 bits per heavy atom. The van der Waals surface area contributed by atoms with Gasteiger partial charge in [-0.1, -0.05) is 23.7 Å². The van der Waals surface area contributed by atoms with Gasteiger partial charge in [0.1, 0.15) is 5.84 Å². The van der Waals surface area contributed by atoms with Gasteiger partial charge in [-0.3, -0.25) is 10.3 Å². The monoisotopic (exact) mass is 267 g/mol. The topological polar surface area (TPSA) is 62.3 Å². The minimum Gasteiger partial charge on any atom is -0.384 e. The molecule has 0 saturated carbocycles. The highest BCUT2D eigenvalue weighted by Crippen LogP contribution is 2.22. The van der Waals surface area contributed by atoms with Gasteiger partial charge in [0.25, 0.3) is 0 Å². The van der Waals surface area contributed by atoms with Crippen LogP contribution in [0.15, 0.2) is 18.2 Å². The van der Waals surface area contributed by atoms with Crippen molar-refractivity contribution in [2.45, 2.75) is 19.1 Å². The van der Waals surface area contributed by atoms with Gasteiger partial charge in [-0.05, 0) is 18.1 Å². The van der Waals surface area contributed by atoms with E-state index >= 15 is 0 Å². The maximum atomic E-state index is 7.37. The van der Waals surface area contributed by atoms with E-state index in [1.54, 1.807) is 13.2 Å². The molecule has 2 rings (SSSR count). The maximum absolute atomic E-state index is 7.37. The lowest BCUT2D eigenvalue weighted by Gasteiger charge is -2.16. The van der Waals surface area contributed by atoms with Crippen molar-refractivity contribution in [3.8, 4) is 0 Å². The van der Waals surface area contributed by atoms with E-state index in [4.69, 9.17) is 27.5 Å². The van der Waals surface area contributed by atoms with E-state index in [0.29, 0.717) is 16.7 Å². The number of nitrogen functional groups attached to an aromatic ring is 1. The summed E-state index contributed by atoms with van der Waals surface area (Å²) in [5.41, 5.74) is 7.16. The van der Waals surface area contributed by atoms with Crippen molar-refractivity contribution in [1.82, 2.24) is 4.90 Å². The predicted octanol–water partition coefficient (Wildman–Crippen LogP) is 1.84. The Balaban J connectivity index is 2.04. The number of hydrogen-bond donors (Lipinski definition) is 2. The van der Waals surface area contributed by atoms with Crippen LogP contribution in [-0.4, -0.2) is 37.0 Å². The summed E-state index contributed by atoms with van der Waals surface area (Å²) in [6.07, 6.45) is 1.40. The molecule has 1 aliphatic heterocycles. The number of rotatable bonds is 4. The molecule has 18 heavy (non-hydrogen) atoms. The van der Waals surface area contributed by atoms with Crippen molar-refractivity contribution in [2.75, 3.05) is 20.2 Å². The second kappa shape index (κ2) is 5.69. The third kappa shape index (κ3) is 3.02. The van der Waals surface area contributed by atoms with Gasteiger partial charge in [-0.15, -0.1) is 0 Å². The van der Waals surface area contributed by atoms with Crippen LogP contribution in [0.3, 0.4) is 0 Å². The fraction of sp³-hybridized carbons (Fsp3) is 0.462. The number of nitrogens with two attached hydrogens (primary N) is 1. The second-order valence-corrected chi connectivity index (χ2v) is 5.01. The quantitative estimate of drug-likeness (QED) is 0.646. The zero-order chi connectivity index (χ0) is 13.1. The average molecular weight is 268 g/mol. The minimum absolute atomic E-state index is 0.0454. The lowest BCUT2D eigenvalue weighted by molar-refractivity contribution is 0.107. The SMILES string of the molecule is COC1CCN(Cc2ccc(C(=N)N)cc2Cl)C1. The van der Waals surface area contributed by atoms with Crippen molar-refractivity contribution >= 4 is 17.4 Å². The summed E-state index contributed by atoms with van der Waals surface area (Å²) >= 11 is 6.21. The lowest BCUT2D eigenvalue weighted by Crippen LogP contribution is -2.22. The molecule has 0 radical (unpaired) electrons. The normalized spacial score (nSPS) is 20.2. The van der Waals surface area contributed by atoms with Crippen molar-refractivity contribution in [2.24, 2.45) is 5.73 Å². The van der Waals surface area contributed by atoms with Crippen LogP contribution in [0.25, 0.3) is 0 Å². The van der Waals surface area contributed by atoms with Crippen LogP contribution in [0.4, 0.5) is 0 Å². The molecule has 0 aromatic heterocycles. The number of methoxy groups -OCH3 is 1. The summed E-state index contributed by atoms with van der Waals surface area (Å²) < 4.78 is 5.34. The maximum Gasteiger partial charge on any atom is 0.122 e. The second-order valence-electron chi connectivity index (χ2n) is 4.60. The molecule has 4 nitrogen and oxygen atoms in total. The number of hydrogen-bond acceptors (Lipinski definition) is 3. The summed E-state index contributed by atoms with van der Waals surface area (Å²) in [5.74, 6) is 0.0454. The van der Waals surface area contributed by atoms with Gasteiger partial charge in [0.2, 0.25) is 0 Å². The third-order valence-corrected chi connectivity index (χ3v) is 3.67. The highest BCUT2D eigenvalue weighted by molar-refractivity contribution is 6.31. The van der Waals surface area contributed by atoms with Crippen LogP contribution in [-0.2, 0) is 11.3 Å². The van der Waals surface area contributed by atoms with E-state index in [1.807, 2.05) is 12.1 Å². The van der Waals surface area contributed by atoms with Crippen LogP contribution >= 0.6 is 11.6 Å². The van der Waals surface area contributed by atoms with Gasteiger partial charge >= 0.3 is 0 Å². The van der Waals surface area contributed by atoms with Crippen LogP contribution in [0.5, 0.6) is 0 Å². The smallest absolute Gasteiger partial charge is 0.122 e. The molecular formula is C13H18ClN3O. The van der Waals surface area contributed by atoms with E-state index in [2.05, 4.69) is 4.90 Å². The predicted molar refractivity (Wildman–Crippen MR) is 73.2 cm³/mol. The van der Waals surface area contributed by atoms with Crippen molar-refractivity contribution in [3.63, 3.8) is 0 Å². The van der Waals surface area contributed by atoms with Gasteiger partial charge in [0, 0.05) is 37.3 Å². The zero-order valence-electron chi connectivity index (χ0n) is 10.4. The van der Waals surface area contributed by atoms with Crippen LogP contribution in [0, 0.1) is 5.41 Å². The number of halogens is 1. The number of nitrogens with one attached hydrogen (secondary N) is 1. The molecule has 1 unspecified atom stereocenters. The molecule has 1 aromatic carbocycles. The first-order valence-corrected chi connectivity index (χ1v) is 6.36. The first kappa shape index (κ1) is 13.3.